The predicted octanol–water partition coefficient (Wildman–Crippen LogP) is 7.32. The van der Waals surface area contributed by atoms with Crippen LogP contribution in [0, 0.1) is 0 Å². The molecule has 5 aromatic rings. The number of nitrogens with zero attached hydrogens (tertiary/aromatic N) is 5. The van der Waals surface area contributed by atoms with Gasteiger partial charge in [-0.05, 0) is 64.8 Å². The van der Waals surface area contributed by atoms with E-state index in [4.69, 9.17) is 14.2 Å². The standard InChI is InChI=1S/C34H36N6O5/c1-33(2,3)40(32(42)43)20-21-12-14-23(15-13-21)28-24(22-10-8-7-9-11-22)18-25-26(37-28)16-17-35-29(25)30-38-27(45-39-30)19-36-31(41)44-34(4,5)6/h7-18H,19-20H2,1-6H3,(H,36,41)(H,42,43). The normalized spacial score (nSPS) is 11.8. The number of alkyl carbamates (subject to hydrolysis) is 1. The molecular weight excluding hydrogens is 572 g/mol. The van der Waals surface area contributed by atoms with Crippen LogP contribution in [-0.4, -0.2) is 53.4 Å². The average molecular weight is 609 g/mol. The number of carboxylic acid groups (broad SMARTS) is 1. The highest BCUT2D eigenvalue weighted by Crippen LogP contribution is 2.36. The lowest BCUT2D eigenvalue weighted by atomic mass is 9.96. The fourth-order valence-corrected chi connectivity index (χ4v) is 4.76. The Morgan fingerprint density at radius 3 is 2.27 bits per heavy atom. The molecule has 5 rings (SSSR count). The van der Waals surface area contributed by atoms with Gasteiger partial charge < -0.3 is 19.7 Å². The lowest BCUT2D eigenvalue weighted by molar-refractivity contribution is 0.0517. The number of hydrogen-bond acceptors (Lipinski definition) is 8. The summed E-state index contributed by atoms with van der Waals surface area (Å²) in [4.78, 5) is 39.4. The largest absolute Gasteiger partial charge is 0.465 e. The summed E-state index contributed by atoms with van der Waals surface area (Å²) in [6.07, 6.45) is 0.0876. The zero-order chi connectivity index (χ0) is 32.4. The van der Waals surface area contributed by atoms with E-state index in [1.54, 1.807) is 27.0 Å². The van der Waals surface area contributed by atoms with Crippen molar-refractivity contribution in [3.05, 3.63) is 84.4 Å². The summed E-state index contributed by atoms with van der Waals surface area (Å²) in [6.45, 7) is 11.2. The molecule has 3 aromatic heterocycles. The summed E-state index contributed by atoms with van der Waals surface area (Å²) in [5.74, 6) is 0.469. The average Bonchev–Trinajstić information content (AvgIpc) is 3.46. The fourth-order valence-electron chi connectivity index (χ4n) is 4.76. The summed E-state index contributed by atoms with van der Waals surface area (Å²) in [6, 6.07) is 21.5. The molecule has 0 saturated heterocycles. The van der Waals surface area contributed by atoms with Crippen molar-refractivity contribution in [1.82, 2.24) is 30.3 Å². The van der Waals surface area contributed by atoms with Crippen LogP contribution in [-0.2, 0) is 17.8 Å². The fraction of sp³-hybridized carbons (Fsp3) is 0.294. The first-order valence-electron chi connectivity index (χ1n) is 14.5. The summed E-state index contributed by atoms with van der Waals surface area (Å²) in [5.41, 5.74) is 4.36. The van der Waals surface area contributed by atoms with Gasteiger partial charge in [-0.25, -0.2) is 14.6 Å². The maximum Gasteiger partial charge on any atom is 0.408 e. The molecule has 11 heteroatoms. The van der Waals surface area contributed by atoms with Crippen LogP contribution in [0.2, 0.25) is 0 Å². The number of nitrogens with one attached hydrogen (secondary N) is 1. The molecule has 45 heavy (non-hydrogen) atoms. The SMILES string of the molecule is CC(C)(C)OC(=O)NCc1nc(-c2nccc3nc(-c4ccc(CN(C(=O)O)C(C)(C)C)cc4)c(-c4ccccc4)cc23)no1. The van der Waals surface area contributed by atoms with Crippen LogP contribution in [0.3, 0.4) is 0 Å². The van der Waals surface area contributed by atoms with Gasteiger partial charge in [-0.2, -0.15) is 4.98 Å². The molecule has 2 amide bonds. The Balaban J connectivity index is 1.50. The molecule has 0 spiro atoms. The molecule has 0 fully saturated rings. The first kappa shape index (κ1) is 31.1. The third-order valence-corrected chi connectivity index (χ3v) is 6.90. The van der Waals surface area contributed by atoms with Crippen LogP contribution in [0.5, 0.6) is 0 Å². The van der Waals surface area contributed by atoms with Gasteiger partial charge in [0.1, 0.15) is 17.8 Å². The van der Waals surface area contributed by atoms with Gasteiger partial charge in [0.25, 0.3) is 0 Å². The number of ether oxygens (including phenoxy) is 1. The summed E-state index contributed by atoms with van der Waals surface area (Å²) in [7, 11) is 0. The Morgan fingerprint density at radius 1 is 0.911 bits per heavy atom. The number of benzene rings is 2. The van der Waals surface area contributed by atoms with Crippen LogP contribution in [0.1, 0.15) is 53.0 Å². The number of carbonyl (C=O) groups is 2. The van der Waals surface area contributed by atoms with E-state index in [-0.39, 0.29) is 24.8 Å². The Bertz CT molecular complexity index is 1820. The number of pyridine rings is 2. The van der Waals surface area contributed by atoms with Crippen LogP contribution >= 0.6 is 0 Å². The van der Waals surface area contributed by atoms with E-state index in [0.717, 1.165) is 33.3 Å². The molecular formula is C34H36N6O5. The first-order chi connectivity index (χ1) is 21.3. The van der Waals surface area contributed by atoms with Crippen LogP contribution in [0.25, 0.3) is 44.8 Å². The van der Waals surface area contributed by atoms with Crippen molar-refractivity contribution in [1.29, 1.82) is 0 Å². The van der Waals surface area contributed by atoms with Crippen molar-refractivity contribution < 1.29 is 24.0 Å². The maximum atomic E-state index is 12.1. The van der Waals surface area contributed by atoms with Gasteiger partial charge in [0.15, 0.2) is 0 Å². The number of hydrogen-bond donors (Lipinski definition) is 2. The molecule has 11 nitrogen and oxygen atoms in total. The minimum atomic E-state index is -0.966. The molecule has 0 bridgehead atoms. The van der Waals surface area contributed by atoms with Crippen molar-refractivity contribution in [2.45, 2.75) is 65.8 Å². The van der Waals surface area contributed by atoms with Gasteiger partial charge in [0, 0.05) is 34.8 Å². The smallest absolute Gasteiger partial charge is 0.408 e. The van der Waals surface area contributed by atoms with E-state index in [1.807, 2.05) is 87.5 Å². The van der Waals surface area contributed by atoms with Crippen molar-refractivity contribution in [2.75, 3.05) is 0 Å². The quantitative estimate of drug-likeness (QED) is 0.194. The molecule has 0 aliphatic heterocycles. The Labute approximate surface area is 261 Å². The zero-order valence-electron chi connectivity index (χ0n) is 26.2. The van der Waals surface area contributed by atoms with Gasteiger partial charge in [-0.3, -0.25) is 9.88 Å². The Hall–Kier alpha value is -5.32. The monoisotopic (exact) mass is 608 g/mol. The molecule has 2 N–H and O–H groups in total. The second-order valence-electron chi connectivity index (χ2n) is 12.6. The van der Waals surface area contributed by atoms with E-state index in [9.17, 15) is 14.7 Å². The van der Waals surface area contributed by atoms with Crippen molar-refractivity contribution in [3.63, 3.8) is 0 Å². The molecule has 0 aliphatic carbocycles. The second-order valence-corrected chi connectivity index (χ2v) is 12.6. The van der Waals surface area contributed by atoms with Gasteiger partial charge in [-0.1, -0.05) is 59.8 Å². The van der Waals surface area contributed by atoms with Gasteiger partial charge in [0.2, 0.25) is 11.7 Å². The summed E-state index contributed by atoms with van der Waals surface area (Å²) in [5, 5.41) is 17.2. The highest BCUT2D eigenvalue weighted by atomic mass is 16.6. The van der Waals surface area contributed by atoms with Gasteiger partial charge in [-0.15, -0.1) is 0 Å². The third kappa shape index (κ3) is 7.43. The van der Waals surface area contributed by atoms with Gasteiger partial charge in [0.05, 0.1) is 11.2 Å². The van der Waals surface area contributed by atoms with Crippen molar-refractivity contribution in [3.8, 4) is 33.9 Å². The minimum absolute atomic E-state index is 0.000313. The first-order valence-corrected chi connectivity index (χ1v) is 14.5. The van der Waals surface area contributed by atoms with E-state index in [2.05, 4.69) is 20.4 Å². The molecule has 0 aliphatic rings. The molecule has 2 aromatic carbocycles. The maximum absolute atomic E-state index is 12.1. The highest BCUT2D eigenvalue weighted by Gasteiger charge is 2.26. The number of fused-ring (bicyclic) bond motifs is 1. The van der Waals surface area contributed by atoms with Crippen LogP contribution in [0.15, 0.2) is 77.4 Å². The van der Waals surface area contributed by atoms with E-state index >= 15 is 0 Å². The third-order valence-electron chi connectivity index (χ3n) is 6.90. The molecule has 232 valence electrons. The predicted molar refractivity (Wildman–Crippen MR) is 170 cm³/mol. The van der Waals surface area contributed by atoms with E-state index < -0.39 is 23.3 Å². The van der Waals surface area contributed by atoms with Gasteiger partial charge >= 0.3 is 12.2 Å². The lowest BCUT2D eigenvalue weighted by Gasteiger charge is -2.33. The Kier molecular flexibility index (Phi) is 8.54. The molecule has 0 atom stereocenters. The molecule has 0 unspecified atom stereocenters. The summed E-state index contributed by atoms with van der Waals surface area (Å²) < 4.78 is 10.7. The van der Waals surface area contributed by atoms with E-state index in [1.165, 1.54) is 4.90 Å². The number of rotatable bonds is 7. The highest BCUT2D eigenvalue weighted by molar-refractivity contribution is 5.97. The number of aromatic nitrogens is 4. The van der Waals surface area contributed by atoms with E-state index in [0.29, 0.717) is 11.2 Å². The molecule has 0 saturated carbocycles. The zero-order valence-corrected chi connectivity index (χ0v) is 26.2. The second kappa shape index (κ2) is 12.4. The molecule has 3 heterocycles. The lowest BCUT2D eigenvalue weighted by Crippen LogP contribution is -2.44. The minimum Gasteiger partial charge on any atom is -0.465 e. The van der Waals surface area contributed by atoms with Crippen LogP contribution < -0.4 is 5.32 Å². The van der Waals surface area contributed by atoms with Crippen LogP contribution in [0.4, 0.5) is 9.59 Å². The topological polar surface area (TPSA) is 144 Å². The van der Waals surface area contributed by atoms with Crippen molar-refractivity contribution >= 4 is 23.1 Å². The molecule has 0 radical (unpaired) electrons. The number of amides is 2. The summed E-state index contributed by atoms with van der Waals surface area (Å²) >= 11 is 0. The number of carbonyl (C=O) groups excluding carboxylic acids is 1. The van der Waals surface area contributed by atoms with Crippen molar-refractivity contribution in [2.24, 2.45) is 0 Å². The Morgan fingerprint density at radius 2 is 1.62 bits per heavy atom.